The normalized spacial score (nSPS) is 13.4. The second kappa shape index (κ2) is 6.49. The van der Waals surface area contributed by atoms with Crippen LogP contribution in [0, 0.1) is 5.82 Å². The Balaban J connectivity index is 2.10. The van der Waals surface area contributed by atoms with E-state index in [1.54, 1.807) is 31.2 Å². The summed E-state index contributed by atoms with van der Waals surface area (Å²) in [6, 6.07) is 12.1. The number of nitrogens with one attached hydrogen (secondary N) is 1. The van der Waals surface area contributed by atoms with Gasteiger partial charge in [-0.3, -0.25) is 9.00 Å². The Labute approximate surface area is 124 Å². The Morgan fingerprint density at radius 3 is 2.43 bits per heavy atom. The molecule has 110 valence electrons. The van der Waals surface area contributed by atoms with Gasteiger partial charge in [-0.15, -0.1) is 0 Å². The van der Waals surface area contributed by atoms with E-state index in [0.29, 0.717) is 16.3 Å². The molecule has 2 unspecified atom stereocenters. The van der Waals surface area contributed by atoms with Crippen molar-refractivity contribution in [1.29, 1.82) is 0 Å². The van der Waals surface area contributed by atoms with Crippen molar-refractivity contribution in [3.8, 4) is 0 Å². The topological polar surface area (TPSA) is 72.2 Å². The first kappa shape index (κ1) is 15.2. The number of carbonyl (C=O) groups is 1. The smallest absolute Gasteiger partial charge is 0.240 e. The Kier molecular flexibility index (Phi) is 4.70. The number of carbonyl (C=O) groups excluding carboxylic acids is 1. The Morgan fingerprint density at radius 1 is 1.19 bits per heavy atom. The summed E-state index contributed by atoms with van der Waals surface area (Å²) in [4.78, 5) is 12.5. The van der Waals surface area contributed by atoms with Crippen molar-refractivity contribution in [3.05, 3.63) is 54.3 Å². The zero-order chi connectivity index (χ0) is 15.4. The monoisotopic (exact) mass is 306 g/mol. The minimum absolute atomic E-state index is 0.403. The quantitative estimate of drug-likeness (QED) is 0.853. The lowest BCUT2D eigenvalue weighted by Crippen LogP contribution is -2.29. The predicted molar refractivity (Wildman–Crippen MR) is 81.8 cm³/mol. The Morgan fingerprint density at radius 2 is 1.81 bits per heavy atom. The number of anilines is 2. The van der Waals surface area contributed by atoms with Crippen LogP contribution in [0.5, 0.6) is 0 Å². The molecule has 0 saturated carbocycles. The van der Waals surface area contributed by atoms with E-state index in [1.165, 1.54) is 24.3 Å². The first-order valence-corrected chi connectivity index (χ1v) is 7.52. The molecule has 0 spiro atoms. The fourth-order valence-corrected chi connectivity index (χ4v) is 2.78. The maximum atomic E-state index is 12.8. The van der Waals surface area contributed by atoms with Gasteiger partial charge in [-0.25, -0.2) is 4.39 Å². The average Bonchev–Trinajstić information content (AvgIpc) is 2.49. The van der Waals surface area contributed by atoms with Crippen molar-refractivity contribution in [3.63, 3.8) is 0 Å². The van der Waals surface area contributed by atoms with Gasteiger partial charge in [0, 0.05) is 4.90 Å². The van der Waals surface area contributed by atoms with Crippen molar-refractivity contribution < 1.29 is 13.4 Å². The summed E-state index contributed by atoms with van der Waals surface area (Å²) in [5.74, 6) is -0.819. The van der Waals surface area contributed by atoms with Crippen molar-refractivity contribution >= 4 is 28.1 Å². The third kappa shape index (κ3) is 3.66. The van der Waals surface area contributed by atoms with Gasteiger partial charge < -0.3 is 11.1 Å². The number of rotatable bonds is 4. The highest BCUT2D eigenvalue weighted by Crippen LogP contribution is 2.19. The molecule has 2 rings (SSSR count). The van der Waals surface area contributed by atoms with Gasteiger partial charge in [-0.1, -0.05) is 12.1 Å². The van der Waals surface area contributed by atoms with E-state index >= 15 is 0 Å². The molecule has 0 heterocycles. The van der Waals surface area contributed by atoms with Crippen LogP contribution in [0.3, 0.4) is 0 Å². The third-order valence-electron chi connectivity index (χ3n) is 2.95. The van der Waals surface area contributed by atoms with E-state index in [4.69, 9.17) is 5.73 Å². The van der Waals surface area contributed by atoms with Gasteiger partial charge in [0.15, 0.2) is 0 Å². The average molecular weight is 306 g/mol. The van der Waals surface area contributed by atoms with Crippen LogP contribution in [-0.2, 0) is 15.6 Å². The molecule has 6 heteroatoms. The van der Waals surface area contributed by atoms with Crippen LogP contribution in [-0.4, -0.2) is 15.4 Å². The van der Waals surface area contributed by atoms with Gasteiger partial charge >= 0.3 is 0 Å². The number of halogens is 1. The number of para-hydroxylation sites is 2. The van der Waals surface area contributed by atoms with Crippen LogP contribution in [0.1, 0.15) is 6.92 Å². The minimum Gasteiger partial charge on any atom is -0.397 e. The maximum absolute atomic E-state index is 12.8. The second-order valence-electron chi connectivity index (χ2n) is 4.47. The largest absolute Gasteiger partial charge is 0.397 e. The van der Waals surface area contributed by atoms with Crippen LogP contribution < -0.4 is 11.1 Å². The molecule has 2 aromatic rings. The van der Waals surface area contributed by atoms with E-state index in [9.17, 15) is 13.4 Å². The summed E-state index contributed by atoms with van der Waals surface area (Å²) in [6.07, 6.45) is 0. The summed E-state index contributed by atoms with van der Waals surface area (Å²) in [5, 5.41) is 1.86. The van der Waals surface area contributed by atoms with Gasteiger partial charge in [0.2, 0.25) is 5.91 Å². The molecule has 0 radical (unpaired) electrons. The van der Waals surface area contributed by atoms with Crippen molar-refractivity contribution in [2.24, 2.45) is 0 Å². The lowest BCUT2D eigenvalue weighted by molar-refractivity contribution is -0.115. The molecule has 0 aliphatic rings. The molecule has 0 aromatic heterocycles. The van der Waals surface area contributed by atoms with E-state index in [2.05, 4.69) is 5.32 Å². The van der Waals surface area contributed by atoms with Gasteiger partial charge in [-0.05, 0) is 43.3 Å². The van der Waals surface area contributed by atoms with Crippen LogP contribution in [0.4, 0.5) is 15.8 Å². The van der Waals surface area contributed by atoms with E-state index in [1.807, 2.05) is 0 Å². The molecular formula is C15H15FN2O2S. The third-order valence-corrected chi connectivity index (χ3v) is 4.55. The zero-order valence-electron chi connectivity index (χ0n) is 11.4. The molecule has 2 atom stereocenters. The van der Waals surface area contributed by atoms with Crippen LogP contribution >= 0.6 is 0 Å². The fraction of sp³-hybridized carbons (Fsp3) is 0.133. The predicted octanol–water partition coefficient (Wildman–Crippen LogP) is 2.54. The lowest BCUT2D eigenvalue weighted by atomic mass is 10.2. The molecule has 4 nitrogen and oxygen atoms in total. The van der Waals surface area contributed by atoms with Gasteiger partial charge in [0.05, 0.1) is 22.2 Å². The summed E-state index contributed by atoms with van der Waals surface area (Å²) in [5.41, 5.74) is 6.65. The van der Waals surface area contributed by atoms with Crippen molar-refractivity contribution in [2.75, 3.05) is 11.1 Å². The first-order chi connectivity index (χ1) is 9.99. The second-order valence-corrected chi connectivity index (χ2v) is 6.24. The highest BCUT2D eigenvalue weighted by molar-refractivity contribution is 7.86. The number of nitrogen functional groups attached to an aromatic ring is 1. The number of hydrogen-bond donors (Lipinski definition) is 2. The number of hydrogen-bond acceptors (Lipinski definition) is 3. The van der Waals surface area contributed by atoms with Crippen LogP contribution in [0.2, 0.25) is 0 Å². The molecular weight excluding hydrogens is 291 g/mol. The summed E-state index contributed by atoms with van der Waals surface area (Å²) >= 11 is 0. The van der Waals surface area contributed by atoms with Crippen LogP contribution in [0.25, 0.3) is 0 Å². The SMILES string of the molecule is CC(C(=O)Nc1ccccc1N)S(=O)c1ccc(F)cc1. The maximum Gasteiger partial charge on any atom is 0.240 e. The fourth-order valence-electron chi connectivity index (χ4n) is 1.72. The van der Waals surface area contributed by atoms with Crippen LogP contribution in [0.15, 0.2) is 53.4 Å². The first-order valence-electron chi connectivity index (χ1n) is 6.30. The molecule has 2 aromatic carbocycles. The number of benzene rings is 2. The van der Waals surface area contributed by atoms with Gasteiger partial charge in [-0.2, -0.15) is 0 Å². The highest BCUT2D eigenvalue weighted by Gasteiger charge is 2.22. The zero-order valence-corrected chi connectivity index (χ0v) is 12.2. The molecule has 0 aliphatic heterocycles. The number of nitrogens with two attached hydrogens (primary N) is 1. The summed E-state index contributed by atoms with van der Waals surface area (Å²) in [6.45, 7) is 1.55. The van der Waals surface area contributed by atoms with Gasteiger partial charge in [0.1, 0.15) is 11.1 Å². The van der Waals surface area contributed by atoms with E-state index in [0.717, 1.165) is 0 Å². The Bertz CT molecular complexity index is 674. The Hall–Kier alpha value is -2.21. The molecule has 1 amide bonds. The van der Waals surface area contributed by atoms with Crippen molar-refractivity contribution in [2.45, 2.75) is 17.1 Å². The lowest BCUT2D eigenvalue weighted by Gasteiger charge is -2.13. The van der Waals surface area contributed by atoms with E-state index in [-0.39, 0.29) is 0 Å². The molecule has 0 fully saturated rings. The highest BCUT2D eigenvalue weighted by atomic mass is 32.2. The standard InChI is InChI=1S/C15H15FN2O2S/c1-10(21(20)12-8-6-11(16)7-9-12)15(19)18-14-5-3-2-4-13(14)17/h2-10H,17H2,1H3,(H,18,19). The van der Waals surface area contributed by atoms with E-state index < -0.39 is 27.8 Å². The van der Waals surface area contributed by atoms with Gasteiger partial charge in [0.25, 0.3) is 0 Å². The summed E-state index contributed by atoms with van der Waals surface area (Å²) < 4.78 is 25.1. The molecule has 0 aliphatic carbocycles. The summed E-state index contributed by atoms with van der Waals surface area (Å²) in [7, 11) is -1.57. The van der Waals surface area contributed by atoms with Crippen molar-refractivity contribution in [1.82, 2.24) is 0 Å². The molecule has 0 bridgehead atoms. The minimum atomic E-state index is -1.57. The molecule has 0 saturated heterocycles. The molecule has 3 N–H and O–H groups in total. The number of amides is 1. The molecule has 21 heavy (non-hydrogen) atoms.